The zero-order valence-electron chi connectivity index (χ0n) is 9.18. The van der Waals surface area contributed by atoms with Crippen LogP contribution in [0.5, 0.6) is 0 Å². The lowest BCUT2D eigenvalue weighted by molar-refractivity contribution is 0.449. The second-order valence-corrected chi connectivity index (χ2v) is 3.73. The van der Waals surface area contributed by atoms with E-state index in [4.69, 9.17) is 5.73 Å². The van der Waals surface area contributed by atoms with Crippen LogP contribution in [0.3, 0.4) is 0 Å². The van der Waals surface area contributed by atoms with Gasteiger partial charge in [0.1, 0.15) is 5.82 Å². The van der Waals surface area contributed by atoms with Gasteiger partial charge in [-0.3, -0.25) is 0 Å². The summed E-state index contributed by atoms with van der Waals surface area (Å²) in [7, 11) is 0. The minimum atomic E-state index is -1.58. The first-order chi connectivity index (χ1) is 8.54. The molecule has 2 aromatic carbocycles. The topological polar surface area (TPSA) is 26.0 Å². The van der Waals surface area contributed by atoms with Gasteiger partial charge in [-0.25, -0.2) is 17.6 Å². The lowest BCUT2D eigenvalue weighted by atomic mass is 9.99. The molecule has 0 unspecified atom stereocenters. The van der Waals surface area contributed by atoms with Crippen LogP contribution in [0.4, 0.5) is 17.6 Å². The number of nitrogens with two attached hydrogens (primary N) is 1. The molecule has 0 saturated carbocycles. The minimum absolute atomic E-state index is 0.0358. The van der Waals surface area contributed by atoms with E-state index in [1.165, 1.54) is 12.1 Å². The molecule has 0 fully saturated rings. The van der Waals surface area contributed by atoms with Crippen molar-refractivity contribution in [2.45, 2.75) is 6.54 Å². The summed E-state index contributed by atoms with van der Waals surface area (Å²) in [5, 5.41) is 0. The van der Waals surface area contributed by atoms with Gasteiger partial charge in [-0.2, -0.15) is 0 Å². The van der Waals surface area contributed by atoms with E-state index in [-0.39, 0.29) is 17.7 Å². The summed E-state index contributed by atoms with van der Waals surface area (Å²) in [5.74, 6) is -4.83. The fourth-order valence-corrected chi connectivity index (χ4v) is 1.71. The molecule has 0 aliphatic rings. The molecule has 18 heavy (non-hydrogen) atoms. The Morgan fingerprint density at radius 1 is 0.833 bits per heavy atom. The number of hydrogen-bond acceptors (Lipinski definition) is 1. The van der Waals surface area contributed by atoms with Crippen molar-refractivity contribution < 1.29 is 17.6 Å². The van der Waals surface area contributed by atoms with Crippen LogP contribution in [-0.4, -0.2) is 0 Å². The summed E-state index contributed by atoms with van der Waals surface area (Å²) in [6.07, 6.45) is 0. The van der Waals surface area contributed by atoms with Gasteiger partial charge in [-0.05, 0) is 35.4 Å². The molecule has 2 N–H and O–H groups in total. The largest absolute Gasteiger partial charge is 0.326 e. The molecule has 0 bridgehead atoms. The SMILES string of the molecule is NCc1ccc(F)cc1-c1ccc(F)c(F)c1F. The highest BCUT2D eigenvalue weighted by Crippen LogP contribution is 2.29. The summed E-state index contributed by atoms with van der Waals surface area (Å²) in [6.45, 7) is 0.0358. The summed E-state index contributed by atoms with van der Waals surface area (Å²) in [6, 6.07) is 5.44. The van der Waals surface area contributed by atoms with E-state index >= 15 is 0 Å². The monoisotopic (exact) mass is 255 g/mol. The molecule has 0 spiro atoms. The summed E-state index contributed by atoms with van der Waals surface area (Å²) in [4.78, 5) is 0. The quantitative estimate of drug-likeness (QED) is 0.646. The molecule has 0 heterocycles. The van der Waals surface area contributed by atoms with E-state index in [1.807, 2.05) is 0 Å². The predicted molar refractivity (Wildman–Crippen MR) is 59.6 cm³/mol. The molecule has 94 valence electrons. The summed E-state index contributed by atoms with van der Waals surface area (Å²) >= 11 is 0. The van der Waals surface area contributed by atoms with E-state index in [0.29, 0.717) is 5.56 Å². The number of benzene rings is 2. The molecular weight excluding hydrogens is 246 g/mol. The van der Waals surface area contributed by atoms with Gasteiger partial charge < -0.3 is 5.73 Å². The Morgan fingerprint density at radius 2 is 1.56 bits per heavy atom. The maximum atomic E-state index is 13.6. The van der Waals surface area contributed by atoms with Crippen molar-refractivity contribution >= 4 is 0 Å². The highest BCUT2D eigenvalue weighted by molar-refractivity contribution is 5.68. The highest BCUT2D eigenvalue weighted by Gasteiger charge is 2.17. The van der Waals surface area contributed by atoms with Crippen molar-refractivity contribution in [3.8, 4) is 11.1 Å². The molecule has 0 aromatic heterocycles. The van der Waals surface area contributed by atoms with Crippen molar-refractivity contribution in [3.63, 3.8) is 0 Å². The Hall–Kier alpha value is -1.88. The predicted octanol–water partition coefficient (Wildman–Crippen LogP) is 3.37. The van der Waals surface area contributed by atoms with E-state index in [0.717, 1.165) is 18.2 Å². The average Bonchev–Trinajstić information content (AvgIpc) is 2.36. The molecule has 0 amide bonds. The smallest absolute Gasteiger partial charge is 0.195 e. The summed E-state index contributed by atoms with van der Waals surface area (Å²) in [5.41, 5.74) is 5.79. The third kappa shape index (κ3) is 2.09. The van der Waals surface area contributed by atoms with E-state index in [9.17, 15) is 17.6 Å². The molecule has 0 radical (unpaired) electrons. The molecule has 0 aliphatic heterocycles. The Bertz CT molecular complexity index is 596. The molecule has 2 rings (SSSR count). The third-order valence-corrected chi connectivity index (χ3v) is 2.62. The fraction of sp³-hybridized carbons (Fsp3) is 0.0769. The van der Waals surface area contributed by atoms with Gasteiger partial charge in [-0.1, -0.05) is 6.07 Å². The molecule has 0 saturated heterocycles. The first-order valence-corrected chi connectivity index (χ1v) is 5.17. The van der Waals surface area contributed by atoms with Crippen LogP contribution in [0.25, 0.3) is 11.1 Å². The van der Waals surface area contributed by atoms with Crippen LogP contribution >= 0.6 is 0 Å². The minimum Gasteiger partial charge on any atom is -0.326 e. The van der Waals surface area contributed by atoms with Gasteiger partial charge in [-0.15, -0.1) is 0 Å². The van der Waals surface area contributed by atoms with Crippen molar-refractivity contribution in [2.24, 2.45) is 5.73 Å². The average molecular weight is 255 g/mol. The third-order valence-electron chi connectivity index (χ3n) is 2.62. The fourth-order valence-electron chi connectivity index (χ4n) is 1.71. The Labute approximate surface area is 101 Å². The van der Waals surface area contributed by atoms with Crippen molar-refractivity contribution in [1.82, 2.24) is 0 Å². The van der Waals surface area contributed by atoms with Crippen molar-refractivity contribution in [2.75, 3.05) is 0 Å². The molecule has 0 aliphatic carbocycles. The van der Waals surface area contributed by atoms with Gasteiger partial charge in [0.05, 0.1) is 0 Å². The lowest BCUT2D eigenvalue weighted by Crippen LogP contribution is -2.02. The molecule has 0 atom stereocenters. The van der Waals surface area contributed by atoms with E-state index in [1.54, 1.807) is 0 Å². The van der Waals surface area contributed by atoms with Crippen LogP contribution in [0.1, 0.15) is 5.56 Å². The number of hydrogen-bond donors (Lipinski definition) is 1. The van der Waals surface area contributed by atoms with Crippen LogP contribution in [0.15, 0.2) is 30.3 Å². The highest BCUT2D eigenvalue weighted by atomic mass is 19.2. The Balaban J connectivity index is 2.69. The number of halogens is 4. The molecule has 2 aromatic rings. The van der Waals surface area contributed by atoms with Crippen LogP contribution < -0.4 is 5.73 Å². The zero-order chi connectivity index (χ0) is 13.3. The van der Waals surface area contributed by atoms with Gasteiger partial charge in [0.2, 0.25) is 0 Å². The van der Waals surface area contributed by atoms with Crippen LogP contribution in [0, 0.1) is 23.3 Å². The van der Waals surface area contributed by atoms with Gasteiger partial charge in [0.25, 0.3) is 0 Å². The molecule has 5 heteroatoms. The number of rotatable bonds is 2. The van der Waals surface area contributed by atoms with E-state index < -0.39 is 23.3 Å². The van der Waals surface area contributed by atoms with Gasteiger partial charge in [0, 0.05) is 12.1 Å². The second-order valence-electron chi connectivity index (χ2n) is 3.73. The van der Waals surface area contributed by atoms with Crippen LogP contribution in [-0.2, 0) is 6.54 Å². The lowest BCUT2D eigenvalue weighted by Gasteiger charge is -2.10. The van der Waals surface area contributed by atoms with E-state index in [2.05, 4.69) is 0 Å². The standard InChI is InChI=1S/C13H9F4N/c14-8-2-1-7(6-18)10(5-8)9-3-4-11(15)13(17)12(9)16/h1-5H,6,18H2. The van der Waals surface area contributed by atoms with Crippen molar-refractivity contribution in [3.05, 3.63) is 59.2 Å². The Kier molecular flexibility index (Phi) is 3.34. The molecule has 1 nitrogen and oxygen atoms in total. The van der Waals surface area contributed by atoms with Crippen molar-refractivity contribution in [1.29, 1.82) is 0 Å². The maximum Gasteiger partial charge on any atom is 0.195 e. The first kappa shape index (κ1) is 12.6. The summed E-state index contributed by atoms with van der Waals surface area (Å²) < 4.78 is 52.7. The van der Waals surface area contributed by atoms with Gasteiger partial charge in [0.15, 0.2) is 17.5 Å². The van der Waals surface area contributed by atoms with Gasteiger partial charge >= 0.3 is 0 Å². The zero-order valence-corrected chi connectivity index (χ0v) is 9.18. The maximum absolute atomic E-state index is 13.6. The molecular formula is C13H9F4N. The first-order valence-electron chi connectivity index (χ1n) is 5.17. The Morgan fingerprint density at radius 3 is 2.22 bits per heavy atom. The normalized spacial score (nSPS) is 10.7. The van der Waals surface area contributed by atoms with Crippen LogP contribution in [0.2, 0.25) is 0 Å². The second kappa shape index (κ2) is 4.78.